The van der Waals surface area contributed by atoms with Crippen molar-refractivity contribution in [3.63, 3.8) is 0 Å². The number of benzene rings is 1. The number of aromatic hydroxyl groups is 1. The second kappa shape index (κ2) is 13.2. The molecule has 0 saturated carbocycles. The molecule has 180 valence electrons. The number of hydrogen-bond acceptors (Lipinski definition) is 7. The number of nitrogens with one attached hydrogen (secondary N) is 2. The van der Waals surface area contributed by atoms with Crippen LogP contribution in [-0.4, -0.2) is 70.1 Å². The zero-order valence-corrected chi connectivity index (χ0v) is 20.0. The third kappa shape index (κ3) is 8.96. The summed E-state index contributed by atoms with van der Waals surface area (Å²) in [6, 6.07) is 3.79. The van der Waals surface area contributed by atoms with Gasteiger partial charge < -0.3 is 30.5 Å². The minimum Gasteiger partial charge on any atom is -0.508 e. The van der Waals surface area contributed by atoms with Gasteiger partial charge in [-0.1, -0.05) is 25.5 Å². The van der Waals surface area contributed by atoms with E-state index < -0.39 is 42.2 Å². The summed E-state index contributed by atoms with van der Waals surface area (Å²) in [5, 5.41) is 24.8. The van der Waals surface area contributed by atoms with Crippen molar-refractivity contribution in [2.45, 2.75) is 58.2 Å². The third-order valence-corrected chi connectivity index (χ3v) is 4.74. The van der Waals surface area contributed by atoms with Gasteiger partial charge in [-0.05, 0) is 44.9 Å². The molecule has 2 unspecified atom stereocenters. The second-order valence-electron chi connectivity index (χ2n) is 8.28. The van der Waals surface area contributed by atoms with E-state index in [4.69, 9.17) is 4.74 Å². The molecule has 0 aliphatic rings. The molecule has 3 amide bonds. The molecule has 0 saturated heterocycles. The maximum atomic E-state index is 13.4. The molecule has 1 rings (SSSR count). The maximum Gasteiger partial charge on any atom is 0.408 e. The quantitative estimate of drug-likeness (QED) is 0.249. The number of phenolic OH excluding ortho intramolecular Hbond substituents is 1. The molecular weight excluding hydrogens is 434 g/mol. The van der Waals surface area contributed by atoms with Crippen molar-refractivity contribution in [3.05, 3.63) is 29.8 Å². The second-order valence-corrected chi connectivity index (χ2v) is 8.64. The molecular formula is C22H35N3O6S. The summed E-state index contributed by atoms with van der Waals surface area (Å²) in [7, 11) is 0. The average Bonchev–Trinajstić information content (AvgIpc) is 2.70. The van der Waals surface area contributed by atoms with Crippen molar-refractivity contribution in [2.24, 2.45) is 0 Å². The summed E-state index contributed by atoms with van der Waals surface area (Å²) >= 11 is 4.18. The summed E-state index contributed by atoms with van der Waals surface area (Å²) in [6.07, 6.45) is 0.833. The standard InChI is InChI=1S/C22H35N3O6S/c1-5-6-10-23-19(28)18(15-8-7-9-16(27)13-15)25(11-12-26)20(29)17(14-32)24-21(30)31-22(2,3)4/h7-9,13,17-18,26-27,32H,5-6,10-12,14H2,1-4H3,(H,23,28)(H,24,30). The Morgan fingerprint density at radius 3 is 2.47 bits per heavy atom. The van der Waals surface area contributed by atoms with E-state index in [0.717, 1.165) is 12.8 Å². The predicted octanol–water partition coefficient (Wildman–Crippen LogP) is 1.99. The zero-order chi connectivity index (χ0) is 24.3. The highest BCUT2D eigenvalue weighted by Gasteiger charge is 2.35. The van der Waals surface area contributed by atoms with Crippen LogP contribution in [0.2, 0.25) is 0 Å². The first-order valence-electron chi connectivity index (χ1n) is 10.6. The van der Waals surface area contributed by atoms with E-state index in [-0.39, 0.29) is 18.0 Å². The normalized spacial score (nSPS) is 13.1. The first-order valence-corrected chi connectivity index (χ1v) is 11.3. The van der Waals surface area contributed by atoms with Crippen LogP contribution in [0.15, 0.2) is 24.3 Å². The van der Waals surface area contributed by atoms with Gasteiger partial charge in [-0.25, -0.2) is 4.79 Å². The van der Waals surface area contributed by atoms with Crippen molar-refractivity contribution in [1.29, 1.82) is 0 Å². The summed E-state index contributed by atoms with van der Waals surface area (Å²) in [5.41, 5.74) is -0.390. The summed E-state index contributed by atoms with van der Waals surface area (Å²) in [6.45, 7) is 6.91. The average molecular weight is 470 g/mol. The van der Waals surface area contributed by atoms with Crippen LogP contribution in [0.5, 0.6) is 5.75 Å². The molecule has 0 aliphatic carbocycles. The molecule has 1 aromatic carbocycles. The number of unbranched alkanes of at least 4 members (excludes halogenated alkanes) is 1. The monoisotopic (exact) mass is 469 g/mol. The van der Waals surface area contributed by atoms with Crippen LogP contribution in [0.25, 0.3) is 0 Å². The van der Waals surface area contributed by atoms with Crippen LogP contribution in [0, 0.1) is 0 Å². The molecule has 0 fully saturated rings. The fourth-order valence-electron chi connectivity index (χ4n) is 2.96. The summed E-state index contributed by atoms with van der Waals surface area (Å²) in [4.78, 5) is 39.8. The van der Waals surface area contributed by atoms with Crippen molar-refractivity contribution >= 4 is 30.5 Å². The van der Waals surface area contributed by atoms with Crippen LogP contribution < -0.4 is 10.6 Å². The summed E-state index contributed by atoms with van der Waals surface area (Å²) < 4.78 is 5.22. The number of thiol groups is 1. The molecule has 32 heavy (non-hydrogen) atoms. The fourth-order valence-corrected chi connectivity index (χ4v) is 3.21. The Balaban J connectivity index is 3.25. The van der Waals surface area contributed by atoms with Gasteiger partial charge in [0, 0.05) is 18.8 Å². The number of amides is 3. The van der Waals surface area contributed by atoms with Crippen molar-refractivity contribution in [3.8, 4) is 5.75 Å². The first kappa shape index (κ1) is 27.6. The van der Waals surface area contributed by atoms with E-state index in [1.54, 1.807) is 32.9 Å². The Morgan fingerprint density at radius 1 is 1.25 bits per heavy atom. The third-order valence-electron chi connectivity index (χ3n) is 4.37. The molecule has 4 N–H and O–H groups in total. The van der Waals surface area contributed by atoms with Gasteiger partial charge >= 0.3 is 6.09 Å². The largest absolute Gasteiger partial charge is 0.508 e. The molecule has 0 aromatic heterocycles. The van der Waals surface area contributed by atoms with Gasteiger partial charge in [-0.2, -0.15) is 12.6 Å². The lowest BCUT2D eigenvalue weighted by Crippen LogP contribution is -2.54. The number of nitrogens with zero attached hydrogens (tertiary/aromatic N) is 1. The lowest BCUT2D eigenvalue weighted by molar-refractivity contribution is -0.142. The van der Waals surface area contributed by atoms with Gasteiger partial charge in [0.15, 0.2) is 0 Å². The van der Waals surface area contributed by atoms with Crippen molar-refractivity contribution < 1.29 is 29.3 Å². The molecule has 0 heterocycles. The van der Waals surface area contributed by atoms with E-state index in [1.807, 2.05) is 6.92 Å². The van der Waals surface area contributed by atoms with E-state index >= 15 is 0 Å². The van der Waals surface area contributed by atoms with Crippen molar-refractivity contribution in [1.82, 2.24) is 15.5 Å². The smallest absolute Gasteiger partial charge is 0.408 e. The van der Waals surface area contributed by atoms with Gasteiger partial charge in [0.05, 0.1) is 6.61 Å². The Morgan fingerprint density at radius 2 is 1.94 bits per heavy atom. The van der Waals surface area contributed by atoms with Crippen LogP contribution >= 0.6 is 12.6 Å². The van der Waals surface area contributed by atoms with E-state index in [9.17, 15) is 24.6 Å². The number of ether oxygens (including phenoxy) is 1. The number of rotatable bonds is 11. The lowest BCUT2D eigenvalue weighted by atomic mass is 10.0. The summed E-state index contributed by atoms with van der Waals surface area (Å²) in [5.74, 6) is -1.19. The van der Waals surface area contributed by atoms with Crippen LogP contribution in [-0.2, 0) is 14.3 Å². The molecule has 0 spiro atoms. The number of aliphatic hydroxyl groups excluding tert-OH is 1. The van der Waals surface area contributed by atoms with Gasteiger partial charge in [0.2, 0.25) is 11.8 Å². The Labute approximate surface area is 194 Å². The molecule has 0 aliphatic heterocycles. The van der Waals surface area contributed by atoms with Gasteiger partial charge in [0.1, 0.15) is 23.4 Å². The molecule has 2 atom stereocenters. The highest BCUT2D eigenvalue weighted by atomic mass is 32.1. The highest BCUT2D eigenvalue weighted by molar-refractivity contribution is 7.80. The van der Waals surface area contributed by atoms with Crippen LogP contribution in [0.3, 0.4) is 0 Å². The molecule has 1 aromatic rings. The minimum atomic E-state index is -1.12. The molecule has 0 radical (unpaired) electrons. The van der Waals surface area contributed by atoms with E-state index in [0.29, 0.717) is 12.1 Å². The minimum absolute atomic E-state index is 0.0514. The highest BCUT2D eigenvalue weighted by Crippen LogP contribution is 2.25. The molecule has 0 bridgehead atoms. The Kier molecular flexibility index (Phi) is 11.3. The maximum absolute atomic E-state index is 13.4. The Bertz CT molecular complexity index is 768. The molecule has 10 heteroatoms. The van der Waals surface area contributed by atoms with Crippen LogP contribution in [0.4, 0.5) is 4.79 Å². The number of alkyl carbamates (subject to hydrolysis) is 1. The predicted molar refractivity (Wildman–Crippen MR) is 125 cm³/mol. The number of phenols is 1. The zero-order valence-electron chi connectivity index (χ0n) is 19.1. The first-order chi connectivity index (χ1) is 15.0. The van der Waals surface area contributed by atoms with Crippen LogP contribution in [0.1, 0.15) is 52.1 Å². The number of carbonyl (C=O) groups excluding carboxylic acids is 3. The SMILES string of the molecule is CCCCNC(=O)C(c1cccc(O)c1)N(CCO)C(=O)C(CS)NC(=O)OC(C)(C)C. The number of carbonyl (C=O) groups is 3. The number of hydrogen-bond donors (Lipinski definition) is 5. The van der Waals surface area contributed by atoms with E-state index in [1.165, 1.54) is 17.0 Å². The number of aliphatic hydroxyl groups is 1. The van der Waals surface area contributed by atoms with Gasteiger partial charge in [0.25, 0.3) is 0 Å². The molecule has 9 nitrogen and oxygen atoms in total. The Hall–Kier alpha value is -2.46. The lowest BCUT2D eigenvalue weighted by Gasteiger charge is -2.33. The van der Waals surface area contributed by atoms with Gasteiger partial charge in [-0.3, -0.25) is 9.59 Å². The van der Waals surface area contributed by atoms with Crippen molar-refractivity contribution in [2.75, 3.05) is 25.4 Å². The topological polar surface area (TPSA) is 128 Å². The van der Waals surface area contributed by atoms with Gasteiger partial charge in [-0.15, -0.1) is 0 Å². The fraction of sp³-hybridized carbons (Fsp3) is 0.591. The van der Waals surface area contributed by atoms with E-state index in [2.05, 4.69) is 23.3 Å².